The summed E-state index contributed by atoms with van der Waals surface area (Å²) in [5.74, 6) is 0. The van der Waals surface area contributed by atoms with E-state index in [0.29, 0.717) is 5.41 Å². The van der Waals surface area contributed by atoms with Crippen LogP contribution in [0.2, 0.25) is 0 Å². The van der Waals surface area contributed by atoms with Crippen LogP contribution in [0, 0.1) is 10.8 Å². The van der Waals surface area contributed by atoms with Gasteiger partial charge in [-0.3, -0.25) is 0 Å². The van der Waals surface area contributed by atoms with Gasteiger partial charge in [0.25, 0.3) is 0 Å². The van der Waals surface area contributed by atoms with E-state index in [-0.39, 0.29) is 5.41 Å². The van der Waals surface area contributed by atoms with E-state index in [1.54, 1.807) is 0 Å². The van der Waals surface area contributed by atoms with Gasteiger partial charge in [-0.15, -0.1) is 0 Å². The molecule has 0 saturated heterocycles. The first-order chi connectivity index (χ1) is 8.34. The molecule has 1 aliphatic rings. The summed E-state index contributed by atoms with van der Waals surface area (Å²) in [6.45, 7) is 17.3. The molecule has 1 rings (SSSR count). The van der Waals surface area contributed by atoms with Gasteiger partial charge < -0.3 is 0 Å². The Hall–Kier alpha value is -0.780. The van der Waals surface area contributed by atoms with Crippen LogP contribution in [-0.4, -0.2) is 0 Å². The minimum atomic E-state index is 0.171. The van der Waals surface area contributed by atoms with Crippen molar-refractivity contribution in [3.63, 3.8) is 0 Å². The van der Waals surface area contributed by atoms with Crippen LogP contribution in [0.25, 0.3) is 0 Å². The first-order valence-corrected chi connectivity index (χ1v) is 7.36. The third-order valence-corrected chi connectivity index (χ3v) is 4.59. The van der Waals surface area contributed by atoms with Gasteiger partial charge in [0.2, 0.25) is 0 Å². The summed E-state index contributed by atoms with van der Waals surface area (Å²) in [6, 6.07) is 0. The maximum atomic E-state index is 4.32. The van der Waals surface area contributed by atoms with Crippen LogP contribution < -0.4 is 0 Å². The first-order valence-electron chi connectivity index (χ1n) is 7.36. The van der Waals surface area contributed by atoms with Crippen LogP contribution in [0.5, 0.6) is 0 Å². The summed E-state index contributed by atoms with van der Waals surface area (Å²) in [4.78, 5) is 0. The zero-order valence-corrected chi connectivity index (χ0v) is 12.8. The SMILES string of the molecule is C=C/C=C(\C(=C)CCC1(CC)CCC1)C(C)(C)C. The minimum Gasteiger partial charge on any atom is -0.0991 e. The maximum Gasteiger partial charge on any atom is -0.0129 e. The lowest BCUT2D eigenvalue weighted by Crippen LogP contribution is -2.28. The molecule has 0 nitrogen and oxygen atoms in total. The fourth-order valence-corrected chi connectivity index (χ4v) is 3.02. The van der Waals surface area contributed by atoms with E-state index < -0.39 is 0 Å². The van der Waals surface area contributed by atoms with Crippen LogP contribution in [-0.2, 0) is 0 Å². The topological polar surface area (TPSA) is 0 Å². The molecule has 0 spiro atoms. The second-order valence-electron chi connectivity index (χ2n) is 6.88. The van der Waals surface area contributed by atoms with E-state index in [9.17, 15) is 0 Å². The molecule has 0 radical (unpaired) electrons. The van der Waals surface area contributed by atoms with Gasteiger partial charge in [0.15, 0.2) is 0 Å². The molecule has 0 aromatic rings. The zero-order valence-electron chi connectivity index (χ0n) is 12.8. The summed E-state index contributed by atoms with van der Waals surface area (Å²) in [7, 11) is 0. The molecule has 0 N–H and O–H groups in total. The normalized spacial score (nSPS) is 19.2. The molecular formula is C18H30. The fraction of sp³-hybridized carbons (Fsp3) is 0.667. The Morgan fingerprint density at radius 1 is 1.28 bits per heavy atom. The van der Waals surface area contributed by atoms with Gasteiger partial charge in [0, 0.05) is 0 Å². The zero-order chi connectivity index (χ0) is 13.8. The van der Waals surface area contributed by atoms with Crippen molar-refractivity contribution in [2.24, 2.45) is 10.8 Å². The highest BCUT2D eigenvalue weighted by Crippen LogP contribution is 2.48. The number of hydrogen-bond acceptors (Lipinski definition) is 0. The number of allylic oxidation sites excluding steroid dienone is 4. The van der Waals surface area contributed by atoms with E-state index in [2.05, 4.69) is 46.9 Å². The van der Waals surface area contributed by atoms with Gasteiger partial charge in [-0.05, 0) is 42.1 Å². The number of rotatable bonds is 6. The summed E-state index contributed by atoms with van der Waals surface area (Å²) in [5, 5.41) is 0. The first kappa shape index (κ1) is 15.3. The van der Waals surface area contributed by atoms with Crippen molar-refractivity contribution < 1.29 is 0 Å². The molecular weight excluding hydrogens is 216 g/mol. The standard InChI is InChI=1S/C18H30/c1-7-10-16(17(4,5)6)15(3)11-14-18(8-2)12-9-13-18/h7,10H,1,3,8-9,11-14H2,2,4-6H3/b16-10+. The average molecular weight is 246 g/mol. The van der Waals surface area contributed by atoms with E-state index in [4.69, 9.17) is 0 Å². The number of hydrogen-bond donors (Lipinski definition) is 0. The van der Waals surface area contributed by atoms with Gasteiger partial charge in [-0.2, -0.15) is 0 Å². The fourth-order valence-electron chi connectivity index (χ4n) is 3.02. The molecule has 0 bridgehead atoms. The molecule has 1 saturated carbocycles. The van der Waals surface area contributed by atoms with Crippen molar-refractivity contribution in [3.8, 4) is 0 Å². The summed E-state index contributed by atoms with van der Waals surface area (Å²) in [5.41, 5.74) is 3.48. The third-order valence-electron chi connectivity index (χ3n) is 4.59. The van der Waals surface area contributed by atoms with Crippen molar-refractivity contribution in [1.29, 1.82) is 0 Å². The Kier molecular flexibility index (Phi) is 5.01. The van der Waals surface area contributed by atoms with Crippen molar-refractivity contribution in [2.75, 3.05) is 0 Å². The highest BCUT2D eigenvalue weighted by atomic mass is 14.4. The predicted octanol–water partition coefficient (Wildman–Crippen LogP) is 6.06. The Bertz CT molecular complexity index is 326. The van der Waals surface area contributed by atoms with E-state index in [0.717, 1.165) is 6.42 Å². The lowest BCUT2D eigenvalue weighted by Gasteiger charge is -2.42. The molecule has 1 fully saturated rings. The Morgan fingerprint density at radius 3 is 2.22 bits per heavy atom. The maximum absolute atomic E-state index is 4.32. The molecule has 18 heavy (non-hydrogen) atoms. The van der Waals surface area contributed by atoms with Gasteiger partial charge >= 0.3 is 0 Å². The Balaban J connectivity index is 2.63. The summed E-state index contributed by atoms with van der Waals surface area (Å²) in [6.07, 6.45) is 12.1. The predicted molar refractivity (Wildman–Crippen MR) is 82.7 cm³/mol. The molecule has 0 heterocycles. The van der Waals surface area contributed by atoms with E-state index in [1.165, 1.54) is 43.3 Å². The van der Waals surface area contributed by atoms with Crippen molar-refractivity contribution in [1.82, 2.24) is 0 Å². The lowest BCUT2D eigenvalue weighted by atomic mass is 9.63. The van der Waals surface area contributed by atoms with Crippen molar-refractivity contribution >= 4 is 0 Å². The van der Waals surface area contributed by atoms with Crippen molar-refractivity contribution in [2.45, 2.75) is 66.2 Å². The van der Waals surface area contributed by atoms with Gasteiger partial charge in [0.1, 0.15) is 0 Å². The van der Waals surface area contributed by atoms with Crippen LogP contribution in [0.1, 0.15) is 66.2 Å². The summed E-state index contributed by atoms with van der Waals surface area (Å²) >= 11 is 0. The van der Waals surface area contributed by atoms with E-state index in [1.807, 2.05) is 6.08 Å². The molecule has 0 atom stereocenters. The molecule has 1 aliphatic carbocycles. The average Bonchev–Trinajstić information content (AvgIpc) is 2.23. The van der Waals surface area contributed by atoms with E-state index >= 15 is 0 Å². The molecule has 0 aromatic heterocycles. The Labute approximate surface area is 114 Å². The Morgan fingerprint density at radius 2 is 1.89 bits per heavy atom. The van der Waals surface area contributed by atoms with Crippen LogP contribution in [0.3, 0.4) is 0 Å². The second-order valence-corrected chi connectivity index (χ2v) is 6.88. The molecule has 0 aliphatic heterocycles. The van der Waals surface area contributed by atoms with Crippen LogP contribution in [0.4, 0.5) is 0 Å². The smallest absolute Gasteiger partial charge is 0.0129 e. The molecule has 0 unspecified atom stereocenters. The molecule has 0 amide bonds. The van der Waals surface area contributed by atoms with Crippen molar-refractivity contribution in [3.05, 3.63) is 36.5 Å². The monoisotopic (exact) mass is 246 g/mol. The van der Waals surface area contributed by atoms with Gasteiger partial charge in [0.05, 0.1) is 0 Å². The quantitative estimate of drug-likeness (QED) is 0.500. The highest BCUT2D eigenvalue weighted by molar-refractivity contribution is 5.35. The van der Waals surface area contributed by atoms with Crippen LogP contribution in [0.15, 0.2) is 36.5 Å². The largest absolute Gasteiger partial charge is 0.0991 e. The van der Waals surface area contributed by atoms with Gasteiger partial charge in [-0.25, -0.2) is 0 Å². The highest BCUT2D eigenvalue weighted by Gasteiger charge is 2.34. The second kappa shape index (κ2) is 5.91. The molecule has 102 valence electrons. The van der Waals surface area contributed by atoms with Crippen LogP contribution >= 0.6 is 0 Å². The lowest BCUT2D eigenvalue weighted by molar-refractivity contribution is 0.114. The summed E-state index contributed by atoms with van der Waals surface area (Å²) < 4.78 is 0. The third kappa shape index (κ3) is 3.60. The molecule has 0 heteroatoms. The molecule has 0 aromatic carbocycles. The minimum absolute atomic E-state index is 0.171. The van der Waals surface area contributed by atoms with Gasteiger partial charge in [-0.1, -0.05) is 71.4 Å².